The van der Waals surface area contributed by atoms with E-state index in [2.05, 4.69) is 35.4 Å². The molecular formula is C27H25ClCuN9O11S3+3. The number of phenols is 2. The maximum Gasteiger partial charge on any atom is 0.507 e. The molecule has 1 aromatic heterocycles. The van der Waals surface area contributed by atoms with Gasteiger partial charge < -0.3 is 10.2 Å². The van der Waals surface area contributed by atoms with Crippen LogP contribution in [-0.2, 0) is 47.4 Å². The Kier molecular flexibility index (Phi) is 11.2. The number of aromatic amines is 3. The van der Waals surface area contributed by atoms with Crippen molar-refractivity contribution < 1.29 is 81.1 Å². The predicted molar refractivity (Wildman–Crippen MR) is 176 cm³/mol. The van der Waals surface area contributed by atoms with Crippen molar-refractivity contribution in [1.29, 1.82) is 0 Å². The number of nitrogens with one attached hydrogen (secondary N) is 3. The van der Waals surface area contributed by atoms with Gasteiger partial charge in [-0.3, -0.25) is 13.7 Å². The summed E-state index contributed by atoms with van der Waals surface area (Å²) in [5.74, 6) is -0.839. The maximum atomic E-state index is 12.4. The number of fused-ring (bicyclic) bond motifs is 1. The van der Waals surface area contributed by atoms with E-state index in [1.807, 2.05) is 0 Å². The summed E-state index contributed by atoms with van der Waals surface area (Å²) >= 11 is 6.00. The monoisotopic (exact) mass is 845 g/mol. The van der Waals surface area contributed by atoms with Crippen molar-refractivity contribution in [3.8, 4) is 11.5 Å². The van der Waals surface area contributed by atoms with Crippen LogP contribution in [0.3, 0.4) is 0 Å². The van der Waals surface area contributed by atoms with Gasteiger partial charge in [-0.1, -0.05) is 4.98 Å². The van der Waals surface area contributed by atoms with Gasteiger partial charge in [-0.05, 0) is 66.4 Å². The van der Waals surface area contributed by atoms with E-state index in [9.17, 15) is 49.1 Å². The van der Waals surface area contributed by atoms with E-state index in [1.54, 1.807) is 18.0 Å². The first kappa shape index (κ1) is 39.9. The zero-order valence-electron chi connectivity index (χ0n) is 26.1. The van der Waals surface area contributed by atoms with Crippen molar-refractivity contribution in [3.63, 3.8) is 0 Å². The average molecular weight is 847 g/mol. The van der Waals surface area contributed by atoms with Crippen LogP contribution in [0.5, 0.6) is 11.5 Å². The number of rotatable bonds is 9. The molecular weight excluding hydrogens is 822 g/mol. The number of aromatic hydroxyl groups is 2. The maximum absolute atomic E-state index is 12.4. The molecule has 0 aliphatic heterocycles. The third kappa shape index (κ3) is 8.58. The quantitative estimate of drug-likeness (QED) is 0.0703. The number of H-pyrrole nitrogens is 3. The summed E-state index contributed by atoms with van der Waals surface area (Å²) < 4.78 is 100. The molecule has 10 N–H and O–H groups in total. The van der Waals surface area contributed by atoms with Crippen LogP contribution in [0.1, 0.15) is 5.56 Å². The molecule has 0 saturated carbocycles. The van der Waals surface area contributed by atoms with E-state index in [0.717, 1.165) is 18.2 Å². The second-order valence-electron chi connectivity index (χ2n) is 10.6. The predicted octanol–water partition coefficient (Wildman–Crippen LogP) is 3.57. The van der Waals surface area contributed by atoms with Crippen LogP contribution in [0.15, 0.2) is 89.7 Å². The van der Waals surface area contributed by atoms with Gasteiger partial charge in [-0.15, -0.1) is 25.3 Å². The molecule has 0 spiro atoms. The first-order chi connectivity index (χ1) is 23.6. The van der Waals surface area contributed by atoms with E-state index >= 15 is 0 Å². The molecule has 0 fully saturated rings. The van der Waals surface area contributed by atoms with Crippen molar-refractivity contribution in [2.75, 3.05) is 17.7 Å². The second-order valence-corrected chi connectivity index (χ2v) is 15.1. The van der Waals surface area contributed by atoms with Crippen molar-refractivity contribution in [2.45, 2.75) is 21.6 Å². The molecule has 20 nitrogen and oxygen atoms in total. The molecule has 0 bridgehead atoms. The largest absolute Gasteiger partial charge is 0.507 e. The third-order valence-corrected chi connectivity index (χ3v) is 9.89. The summed E-state index contributed by atoms with van der Waals surface area (Å²) in [7, 11) is -13.1. The number of aromatic nitrogens is 3. The van der Waals surface area contributed by atoms with Gasteiger partial charge in [0.25, 0.3) is 30.4 Å². The summed E-state index contributed by atoms with van der Waals surface area (Å²) in [5, 5.41) is 37.2. The number of anilines is 3. The van der Waals surface area contributed by atoms with Gasteiger partial charge in [0, 0.05) is 40.1 Å². The topological polar surface area (TPSA) is 325 Å². The Morgan fingerprint density at radius 2 is 1.37 bits per heavy atom. The standard InChI is InChI=1S/C27H22ClN9O11S3.Cu/c1-12-7-18(20(38)11-17(12)33-35-19-10-15(49(40,41)42)4-6-21(19)50(43,44)45)34-36-23-22(51(46,47)48)9-13-8-14(3-5-16(13)24(23)39)37(2)27-31-25(28)30-26(29)32-27;/h3-11,38-39H,1-2H3,(H,40,41,42)(H,43,44,45)(H,46,47,48)(H2,29,30,31,32);/p+3. The molecule has 0 amide bonds. The molecule has 0 aliphatic rings. The number of nitrogens with two attached hydrogens (primary N) is 1. The minimum absolute atomic E-state index is 0. The average Bonchev–Trinajstić information content (AvgIpc) is 3.02. The number of hydrogen-bond donors (Lipinski definition) is 6. The first-order valence-electron chi connectivity index (χ1n) is 13.7. The fraction of sp³-hybridized carbons (Fsp3) is 0.0741. The molecule has 1 heterocycles. The normalized spacial score (nSPS) is 12.4. The molecule has 0 atom stereocenters. The van der Waals surface area contributed by atoms with E-state index in [0.29, 0.717) is 23.8 Å². The third-order valence-electron chi connectivity index (χ3n) is 7.08. The van der Waals surface area contributed by atoms with Crippen LogP contribution in [0.2, 0.25) is 5.28 Å². The number of azo groups is 2. The molecule has 5 rings (SSSR count). The second kappa shape index (κ2) is 14.6. The van der Waals surface area contributed by atoms with Crippen LogP contribution in [0, 0.1) is 6.92 Å². The summed E-state index contributed by atoms with van der Waals surface area (Å²) in [5.41, 5.74) is 4.74. The molecule has 277 valence electrons. The molecule has 5 aromatic rings. The Morgan fingerprint density at radius 3 is 1.98 bits per heavy atom. The molecule has 0 saturated heterocycles. The minimum atomic E-state index is -5.02. The number of phenolic OH excluding ortho intramolecular Hbond substituents is 2. The molecule has 52 heavy (non-hydrogen) atoms. The van der Waals surface area contributed by atoms with Gasteiger partial charge in [-0.25, -0.2) is 5.73 Å². The molecule has 4 aromatic carbocycles. The fourth-order valence-electron chi connectivity index (χ4n) is 4.60. The Morgan fingerprint density at radius 1 is 0.731 bits per heavy atom. The smallest absolute Gasteiger partial charge is 0.506 e. The van der Waals surface area contributed by atoms with Crippen LogP contribution in [0.4, 0.5) is 40.3 Å². The summed E-state index contributed by atoms with van der Waals surface area (Å²) in [6, 6.07) is 9.82. The minimum Gasteiger partial charge on any atom is -0.506 e. The molecule has 25 heteroatoms. The van der Waals surface area contributed by atoms with Gasteiger partial charge in [0.05, 0.1) is 17.6 Å². The molecule has 1 radical (unpaired) electrons. The van der Waals surface area contributed by atoms with Crippen LogP contribution < -0.4 is 25.6 Å². The van der Waals surface area contributed by atoms with Crippen LogP contribution >= 0.6 is 11.6 Å². The Hall–Kier alpha value is -4.91. The Balaban J connectivity index is 0.00000605. The van der Waals surface area contributed by atoms with Crippen molar-refractivity contribution >= 4 is 93.1 Å². The summed E-state index contributed by atoms with van der Waals surface area (Å²) in [6.07, 6.45) is 0. The molecule has 0 unspecified atom stereocenters. The van der Waals surface area contributed by atoms with Gasteiger partial charge >= 0.3 is 17.2 Å². The first-order valence-corrected chi connectivity index (χ1v) is 18.4. The van der Waals surface area contributed by atoms with Crippen molar-refractivity contribution in [2.24, 2.45) is 20.5 Å². The Bertz CT molecular complexity index is 2650. The van der Waals surface area contributed by atoms with Crippen molar-refractivity contribution in [3.05, 3.63) is 65.4 Å². The number of benzene rings is 4. The van der Waals surface area contributed by atoms with Gasteiger partial charge in [0.1, 0.15) is 38.3 Å². The number of halogens is 1. The van der Waals surface area contributed by atoms with Crippen molar-refractivity contribution in [1.82, 2.24) is 0 Å². The number of nitrogen functional groups attached to an aromatic ring is 1. The number of nitrogens with zero attached hydrogens (tertiary/aromatic N) is 5. The zero-order chi connectivity index (χ0) is 37.6. The van der Waals surface area contributed by atoms with E-state index < -0.39 is 67.9 Å². The fourth-order valence-corrected chi connectivity index (χ4v) is 6.56. The SMILES string of the molecule is Cc1cc(N=Nc2c(S(=O)(=O)O)cc3cc(N(C)c4[nH+]c(N)[nH+]c(Cl)[nH+]4)ccc3c2O)c(O)cc1N=Nc1cc(S(=O)(=O)O)ccc1S(=O)(=O)O.[Cu]. The van der Waals surface area contributed by atoms with Gasteiger partial charge in [0.2, 0.25) is 0 Å². The van der Waals surface area contributed by atoms with Crippen LogP contribution in [-0.4, -0.2) is 56.2 Å². The van der Waals surface area contributed by atoms with E-state index in [-0.39, 0.29) is 56.0 Å². The zero-order valence-corrected chi connectivity index (χ0v) is 30.2. The van der Waals surface area contributed by atoms with E-state index in [1.165, 1.54) is 25.1 Å². The summed E-state index contributed by atoms with van der Waals surface area (Å²) in [6.45, 7) is 1.45. The number of aryl methyl sites for hydroxylation is 1. The van der Waals surface area contributed by atoms with Gasteiger partial charge in [-0.2, -0.15) is 35.3 Å². The Labute approximate surface area is 309 Å². The van der Waals surface area contributed by atoms with Crippen LogP contribution in [0.25, 0.3) is 10.8 Å². The molecule has 0 aliphatic carbocycles. The van der Waals surface area contributed by atoms with Gasteiger partial charge in [0.15, 0.2) is 5.75 Å². The summed E-state index contributed by atoms with van der Waals surface area (Å²) in [4.78, 5) is 7.45. The number of hydrogen-bond acceptors (Lipinski definition) is 14. The van der Waals surface area contributed by atoms with E-state index in [4.69, 9.17) is 17.3 Å².